The topological polar surface area (TPSA) is 296 Å². The normalized spacial score (nSPS) is 11.1. The molecule has 0 aliphatic carbocycles. The first-order valence-corrected chi connectivity index (χ1v) is 10.0. The predicted octanol–water partition coefficient (Wildman–Crippen LogP) is -3.82. The van der Waals surface area contributed by atoms with Gasteiger partial charge in [-0.3, -0.25) is 14.4 Å². The van der Waals surface area contributed by atoms with Crippen LogP contribution in [0.1, 0.15) is 36.7 Å². The van der Waals surface area contributed by atoms with Gasteiger partial charge in [-0.2, -0.15) is 15.6 Å². The van der Waals surface area contributed by atoms with Gasteiger partial charge in [0.25, 0.3) is 0 Å². The van der Waals surface area contributed by atoms with E-state index in [0.29, 0.717) is 19.4 Å². The monoisotopic (exact) mass is 494 g/mol. The van der Waals surface area contributed by atoms with Gasteiger partial charge in [0, 0.05) is 6.54 Å². The van der Waals surface area contributed by atoms with Crippen molar-refractivity contribution in [1.29, 1.82) is 0 Å². The van der Waals surface area contributed by atoms with Crippen molar-refractivity contribution in [3.63, 3.8) is 0 Å². The minimum Gasteiger partial charge on any atom is -0.481 e. The minimum atomic E-state index is -1.13. The Balaban J connectivity index is 0.000000402. The SMILES string of the molecule is O=C(Cc1nn[nH]n1)NCCCCC(NC(=O)Cc1nn[nH]n1)C(=O)O.O=C(O)Cc1nn[nH]n1. The largest absolute Gasteiger partial charge is 0.481 e. The number of aliphatic carboxylic acids is 2. The minimum absolute atomic E-state index is 0.0143. The van der Waals surface area contributed by atoms with Crippen LogP contribution < -0.4 is 10.6 Å². The van der Waals surface area contributed by atoms with Crippen molar-refractivity contribution in [3.05, 3.63) is 17.5 Å². The van der Waals surface area contributed by atoms with Crippen molar-refractivity contribution in [2.24, 2.45) is 0 Å². The van der Waals surface area contributed by atoms with E-state index in [1.807, 2.05) is 0 Å². The second-order valence-corrected chi connectivity index (χ2v) is 6.71. The van der Waals surface area contributed by atoms with Crippen LogP contribution >= 0.6 is 0 Å². The van der Waals surface area contributed by atoms with Gasteiger partial charge in [0.05, 0.1) is 12.8 Å². The van der Waals surface area contributed by atoms with E-state index >= 15 is 0 Å². The molecule has 0 saturated carbocycles. The van der Waals surface area contributed by atoms with Crippen LogP contribution in [0.4, 0.5) is 0 Å². The highest BCUT2D eigenvalue weighted by molar-refractivity contribution is 5.84. The lowest BCUT2D eigenvalue weighted by Crippen LogP contribution is -2.41. The standard InChI is InChI=1S/C12H18N10O4.C3H4N4O2/c23-10(5-8-15-19-20-16-8)13-4-2-1-3-7(12(25)26)14-11(24)6-9-17-21-22-18-9;8-3(9)1-2-4-6-7-5-2/h7H,1-6H2,(H,13,23)(H,14,24)(H,25,26)(H,15,16,19,20)(H,17,18,21,22);1H2,(H,8,9)(H,4,5,6,7). The molecular weight excluding hydrogens is 472 g/mol. The number of unbranched alkanes of at least 4 members (excludes halogenated alkanes) is 1. The molecule has 1 atom stereocenters. The quantitative estimate of drug-likeness (QED) is 0.112. The van der Waals surface area contributed by atoms with Gasteiger partial charge in [-0.1, -0.05) is 15.6 Å². The number of carboxylic acids is 2. The number of tetrazole rings is 3. The number of nitrogens with one attached hydrogen (secondary N) is 5. The summed E-state index contributed by atoms with van der Waals surface area (Å²) in [6.45, 7) is 0.375. The second kappa shape index (κ2) is 14.3. The highest BCUT2D eigenvalue weighted by Gasteiger charge is 2.20. The molecule has 0 saturated heterocycles. The molecule has 0 radical (unpaired) electrons. The van der Waals surface area contributed by atoms with Crippen LogP contribution in [-0.2, 0) is 38.4 Å². The molecule has 0 aliphatic rings. The zero-order valence-electron chi connectivity index (χ0n) is 18.1. The molecule has 3 aromatic heterocycles. The van der Waals surface area contributed by atoms with Crippen LogP contribution in [0.3, 0.4) is 0 Å². The number of carbonyl (C=O) groups is 4. The van der Waals surface area contributed by atoms with Gasteiger partial charge in [-0.25, -0.2) is 4.79 Å². The zero-order chi connectivity index (χ0) is 25.5. The summed E-state index contributed by atoms with van der Waals surface area (Å²) < 4.78 is 0. The van der Waals surface area contributed by atoms with Gasteiger partial charge in [-0.05, 0) is 19.3 Å². The second-order valence-electron chi connectivity index (χ2n) is 6.71. The molecule has 0 spiro atoms. The molecule has 188 valence electrons. The summed E-state index contributed by atoms with van der Waals surface area (Å²) in [4.78, 5) is 44.6. The molecule has 35 heavy (non-hydrogen) atoms. The molecule has 20 heteroatoms. The summed E-state index contributed by atoms with van der Waals surface area (Å²) in [5.74, 6) is -2.19. The van der Waals surface area contributed by atoms with E-state index in [0.717, 1.165) is 0 Å². The van der Waals surface area contributed by atoms with E-state index < -0.39 is 23.9 Å². The van der Waals surface area contributed by atoms with E-state index in [4.69, 9.17) is 5.11 Å². The molecule has 7 N–H and O–H groups in total. The first-order chi connectivity index (χ1) is 16.8. The number of hydrogen-bond donors (Lipinski definition) is 7. The third-order valence-electron chi connectivity index (χ3n) is 3.99. The van der Waals surface area contributed by atoms with Gasteiger partial charge in [-0.15, -0.1) is 30.6 Å². The molecule has 0 bridgehead atoms. The third kappa shape index (κ3) is 11.0. The number of amides is 2. The van der Waals surface area contributed by atoms with Crippen LogP contribution in [0.15, 0.2) is 0 Å². The fraction of sp³-hybridized carbons (Fsp3) is 0.533. The van der Waals surface area contributed by atoms with Crippen molar-refractivity contribution >= 4 is 23.8 Å². The fourth-order valence-corrected chi connectivity index (χ4v) is 2.46. The number of nitrogens with zero attached hydrogens (tertiary/aromatic N) is 9. The molecule has 1 unspecified atom stereocenters. The van der Waals surface area contributed by atoms with Crippen molar-refractivity contribution in [3.8, 4) is 0 Å². The number of H-pyrrole nitrogens is 3. The Kier molecular flexibility index (Phi) is 10.7. The Morgan fingerprint density at radius 1 is 0.743 bits per heavy atom. The summed E-state index contributed by atoms with van der Waals surface area (Å²) >= 11 is 0. The summed E-state index contributed by atoms with van der Waals surface area (Å²) in [6, 6.07) is -1.02. The first kappa shape index (κ1) is 26.3. The van der Waals surface area contributed by atoms with Crippen molar-refractivity contribution < 1.29 is 29.4 Å². The highest BCUT2D eigenvalue weighted by atomic mass is 16.4. The number of aromatic amines is 3. The number of carbonyl (C=O) groups excluding carboxylic acids is 2. The van der Waals surface area contributed by atoms with E-state index in [2.05, 4.69) is 72.5 Å². The van der Waals surface area contributed by atoms with Gasteiger partial charge >= 0.3 is 11.9 Å². The first-order valence-electron chi connectivity index (χ1n) is 10.0. The van der Waals surface area contributed by atoms with Crippen LogP contribution in [0, 0.1) is 0 Å². The van der Waals surface area contributed by atoms with E-state index in [1.54, 1.807) is 0 Å². The average Bonchev–Trinajstić information content (AvgIpc) is 3.57. The lowest BCUT2D eigenvalue weighted by Gasteiger charge is -2.14. The van der Waals surface area contributed by atoms with Crippen LogP contribution in [-0.4, -0.2) is 108 Å². The van der Waals surface area contributed by atoms with Crippen molar-refractivity contribution in [2.45, 2.75) is 44.6 Å². The van der Waals surface area contributed by atoms with Gasteiger partial charge in [0.15, 0.2) is 17.5 Å². The number of rotatable bonds is 13. The Hall–Kier alpha value is -4.91. The summed E-state index contributed by atoms with van der Waals surface area (Å²) in [5.41, 5.74) is 0. The molecule has 20 nitrogen and oxygen atoms in total. The maximum atomic E-state index is 11.8. The Morgan fingerprint density at radius 3 is 1.71 bits per heavy atom. The maximum absolute atomic E-state index is 11.8. The predicted molar refractivity (Wildman–Crippen MR) is 108 cm³/mol. The lowest BCUT2D eigenvalue weighted by molar-refractivity contribution is -0.142. The molecule has 0 aromatic carbocycles. The van der Waals surface area contributed by atoms with E-state index in [-0.39, 0.29) is 49.1 Å². The van der Waals surface area contributed by atoms with Crippen LogP contribution in [0.5, 0.6) is 0 Å². The molecule has 2 amide bonds. The molecular formula is C15H22N14O6. The summed E-state index contributed by atoms with van der Waals surface area (Å²) in [6.07, 6.45) is 0.960. The number of carboxylic acid groups (broad SMARTS) is 2. The lowest BCUT2D eigenvalue weighted by atomic mass is 10.1. The maximum Gasteiger partial charge on any atom is 0.326 e. The molecule has 0 fully saturated rings. The summed E-state index contributed by atoms with van der Waals surface area (Å²) in [5, 5.41) is 60.3. The molecule has 3 heterocycles. The fourth-order valence-electron chi connectivity index (χ4n) is 2.46. The Morgan fingerprint density at radius 2 is 1.26 bits per heavy atom. The van der Waals surface area contributed by atoms with Gasteiger partial charge in [0.1, 0.15) is 12.5 Å². The molecule has 0 aliphatic heterocycles. The smallest absolute Gasteiger partial charge is 0.326 e. The van der Waals surface area contributed by atoms with Crippen LogP contribution in [0.2, 0.25) is 0 Å². The van der Waals surface area contributed by atoms with Crippen molar-refractivity contribution in [1.82, 2.24) is 72.5 Å². The van der Waals surface area contributed by atoms with E-state index in [1.165, 1.54) is 0 Å². The molecule has 3 rings (SSSR count). The molecule has 3 aromatic rings. The van der Waals surface area contributed by atoms with Crippen molar-refractivity contribution in [2.75, 3.05) is 6.54 Å². The van der Waals surface area contributed by atoms with Gasteiger partial charge in [0.2, 0.25) is 11.8 Å². The zero-order valence-corrected chi connectivity index (χ0v) is 18.1. The van der Waals surface area contributed by atoms with E-state index in [9.17, 15) is 24.3 Å². The third-order valence-corrected chi connectivity index (χ3v) is 3.99. The summed E-state index contributed by atoms with van der Waals surface area (Å²) in [7, 11) is 0. The average molecular weight is 494 g/mol. The van der Waals surface area contributed by atoms with Gasteiger partial charge < -0.3 is 20.8 Å². The highest BCUT2D eigenvalue weighted by Crippen LogP contribution is 2.02. The van der Waals surface area contributed by atoms with Crippen LogP contribution in [0.25, 0.3) is 0 Å². The number of aromatic nitrogens is 12. The number of hydrogen-bond acceptors (Lipinski definition) is 13. The Labute approximate surface area is 195 Å². The Bertz CT molecular complexity index is 1040.